The summed E-state index contributed by atoms with van der Waals surface area (Å²) < 4.78 is 33.3. The molecule has 0 aromatic rings. The van der Waals surface area contributed by atoms with E-state index >= 15 is 0 Å². The highest BCUT2D eigenvalue weighted by molar-refractivity contribution is 5.77. The summed E-state index contributed by atoms with van der Waals surface area (Å²) in [7, 11) is 0. The van der Waals surface area contributed by atoms with Gasteiger partial charge in [-0.15, -0.1) is 0 Å². The molecule has 0 N–H and O–H groups in total. The lowest BCUT2D eigenvalue weighted by Crippen LogP contribution is -2.41. The van der Waals surface area contributed by atoms with Gasteiger partial charge >= 0.3 is 5.97 Å². The second-order valence-electron chi connectivity index (χ2n) is 4.62. The molecule has 20 heavy (non-hydrogen) atoms. The van der Waals surface area contributed by atoms with Gasteiger partial charge in [0.2, 0.25) is 5.91 Å². The lowest BCUT2D eigenvalue weighted by Gasteiger charge is -2.30. The Labute approximate surface area is 117 Å². The highest BCUT2D eigenvalue weighted by atomic mass is 19.3. The van der Waals surface area contributed by atoms with Gasteiger partial charge in [-0.25, -0.2) is 8.78 Å². The van der Waals surface area contributed by atoms with E-state index in [1.54, 1.807) is 11.8 Å². The molecule has 0 aliphatic carbocycles. The molecule has 1 heterocycles. The maximum Gasteiger partial charge on any atom is 0.309 e. The first kappa shape index (κ1) is 16.8. The number of esters is 1. The van der Waals surface area contributed by atoms with Crippen molar-refractivity contribution in [3.05, 3.63) is 0 Å². The van der Waals surface area contributed by atoms with Crippen LogP contribution in [0.25, 0.3) is 0 Å². The van der Waals surface area contributed by atoms with Gasteiger partial charge in [-0.05, 0) is 19.8 Å². The predicted octanol–water partition coefficient (Wildman–Crippen LogP) is 1.46. The van der Waals surface area contributed by atoms with Gasteiger partial charge < -0.3 is 14.4 Å². The van der Waals surface area contributed by atoms with E-state index in [0.717, 1.165) is 0 Å². The van der Waals surface area contributed by atoms with Crippen molar-refractivity contribution in [1.29, 1.82) is 0 Å². The minimum absolute atomic E-state index is 0.000971. The Morgan fingerprint density at radius 2 is 1.95 bits per heavy atom. The van der Waals surface area contributed by atoms with Gasteiger partial charge in [-0.1, -0.05) is 0 Å². The van der Waals surface area contributed by atoms with Crippen LogP contribution in [0.4, 0.5) is 8.78 Å². The van der Waals surface area contributed by atoms with Crippen molar-refractivity contribution in [2.75, 3.05) is 32.9 Å². The Balaban J connectivity index is 2.20. The van der Waals surface area contributed by atoms with Crippen LogP contribution >= 0.6 is 0 Å². The minimum atomic E-state index is -2.51. The first-order chi connectivity index (χ1) is 9.54. The molecule has 7 heteroatoms. The summed E-state index contributed by atoms with van der Waals surface area (Å²) in [5, 5.41) is 0. The first-order valence-electron chi connectivity index (χ1n) is 6.84. The van der Waals surface area contributed by atoms with Crippen LogP contribution < -0.4 is 0 Å². The van der Waals surface area contributed by atoms with E-state index in [1.807, 2.05) is 0 Å². The van der Waals surface area contributed by atoms with Crippen LogP contribution in [0.15, 0.2) is 0 Å². The van der Waals surface area contributed by atoms with Gasteiger partial charge in [-0.2, -0.15) is 0 Å². The maximum absolute atomic E-state index is 11.8. The molecule has 0 aromatic heterocycles. The number of halogens is 2. The molecule has 0 atom stereocenters. The van der Waals surface area contributed by atoms with Crippen LogP contribution in [0.1, 0.15) is 26.2 Å². The standard InChI is InChI=1S/C13H21F2NO4/c1-2-20-13(18)10-3-6-16(7-4-10)12(17)5-8-19-9-11(14)15/h10-11H,2-9H2,1H3. The highest BCUT2D eigenvalue weighted by Crippen LogP contribution is 2.19. The fraction of sp³-hybridized carbons (Fsp3) is 0.846. The Morgan fingerprint density at radius 3 is 2.50 bits per heavy atom. The second kappa shape index (κ2) is 8.84. The van der Waals surface area contributed by atoms with E-state index in [0.29, 0.717) is 32.5 Å². The summed E-state index contributed by atoms with van der Waals surface area (Å²) in [6.45, 7) is 2.48. The smallest absolute Gasteiger partial charge is 0.309 e. The van der Waals surface area contributed by atoms with Crippen LogP contribution in [-0.2, 0) is 19.1 Å². The third-order valence-corrected chi connectivity index (χ3v) is 3.17. The zero-order valence-electron chi connectivity index (χ0n) is 11.6. The Kier molecular flexibility index (Phi) is 7.43. The van der Waals surface area contributed by atoms with E-state index < -0.39 is 13.0 Å². The lowest BCUT2D eigenvalue weighted by molar-refractivity contribution is -0.151. The molecule has 1 rings (SSSR count). The SMILES string of the molecule is CCOC(=O)C1CCN(C(=O)CCOCC(F)F)CC1. The maximum atomic E-state index is 11.8. The molecule has 1 fully saturated rings. The summed E-state index contributed by atoms with van der Waals surface area (Å²) in [5.74, 6) is -0.476. The van der Waals surface area contributed by atoms with Crippen molar-refractivity contribution in [2.45, 2.75) is 32.6 Å². The average Bonchev–Trinajstić information content (AvgIpc) is 2.43. The second-order valence-corrected chi connectivity index (χ2v) is 4.62. The largest absolute Gasteiger partial charge is 0.466 e. The van der Waals surface area contributed by atoms with Crippen LogP contribution in [0, 0.1) is 5.92 Å². The fourth-order valence-electron chi connectivity index (χ4n) is 2.11. The van der Waals surface area contributed by atoms with E-state index in [9.17, 15) is 18.4 Å². The average molecular weight is 293 g/mol. The molecule has 1 saturated heterocycles. The normalized spacial score (nSPS) is 16.5. The fourth-order valence-corrected chi connectivity index (χ4v) is 2.11. The van der Waals surface area contributed by atoms with Crippen LogP contribution in [0.2, 0.25) is 0 Å². The summed E-state index contributed by atoms with van der Waals surface area (Å²) in [6, 6.07) is 0. The molecule has 0 saturated carbocycles. The van der Waals surface area contributed by atoms with Crippen LogP contribution in [-0.4, -0.2) is 56.1 Å². The minimum Gasteiger partial charge on any atom is -0.466 e. The molecule has 1 aliphatic heterocycles. The summed E-state index contributed by atoms with van der Waals surface area (Å²) in [5.41, 5.74) is 0. The van der Waals surface area contributed by atoms with Crippen molar-refractivity contribution in [3.8, 4) is 0 Å². The van der Waals surface area contributed by atoms with Crippen molar-refractivity contribution in [1.82, 2.24) is 4.90 Å². The van der Waals surface area contributed by atoms with Gasteiger partial charge in [0.05, 0.1) is 25.6 Å². The summed E-state index contributed by atoms with van der Waals surface area (Å²) >= 11 is 0. The number of ether oxygens (including phenoxy) is 2. The lowest BCUT2D eigenvalue weighted by atomic mass is 9.97. The third kappa shape index (κ3) is 5.81. The Hall–Kier alpha value is -1.24. The number of carbonyl (C=O) groups is 2. The van der Waals surface area contributed by atoms with Crippen molar-refractivity contribution < 1.29 is 27.8 Å². The predicted molar refractivity (Wildman–Crippen MR) is 67.4 cm³/mol. The molecule has 1 aliphatic rings. The van der Waals surface area contributed by atoms with E-state index in [2.05, 4.69) is 4.74 Å². The summed E-state index contributed by atoms with van der Waals surface area (Å²) in [6.07, 6.45) is -1.24. The van der Waals surface area contributed by atoms with Gasteiger partial charge in [0.1, 0.15) is 6.61 Å². The molecule has 5 nitrogen and oxygen atoms in total. The number of amides is 1. The third-order valence-electron chi connectivity index (χ3n) is 3.17. The van der Waals surface area contributed by atoms with Gasteiger partial charge in [0.25, 0.3) is 6.43 Å². The Morgan fingerprint density at radius 1 is 1.30 bits per heavy atom. The van der Waals surface area contributed by atoms with Crippen molar-refractivity contribution in [3.63, 3.8) is 0 Å². The van der Waals surface area contributed by atoms with Gasteiger partial charge in [0, 0.05) is 13.1 Å². The van der Waals surface area contributed by atoms with Crippen LogP contribution in [0.5, 0.6) is 0 Å². The number of nitrogens with zero attached hydrogens (tertiary/aromatic N) is 1. The molecule has 116 valence electrons. The summed E-state index contributed by atoms with van der Waals surface area (Å²) in [4.78, 5) is 25.0. The van der Waals surface area contributed by atoms with Gasteiger partial charge in [0.15, 0.2) is 0 Å². The molecular weight excluding hydrogens is 272 g/mol. The number of hydrogen-bond donors (Lipinski definition) is 0. The van der Waals surface area contributed by atoms with E-state index in [1.165, 1.54) is 0 Å². The van der Waals surface area contributed by atoms with Crippen LogP contribution in [0.3, 0.4) is 0 Å². The van der Waals surface area contributed by atoms with E-state index in [4.69, 9.17) is 4.74 Å². The molecular formula is C13H21F2NO4. The monoisotopic (exact) mass is 293 g/mol. The Bertz CT molecular complexity index is 317. The zero-order valence-corrected chi connectivity index (χ0v) is 11.6. The van der Waals surface area contributed by atoms with Crippen molar-refractivity contribution >= 4 is 11.9 Å². The zero-order chi connectivity index (χ0) is 15.0. The molecule has 0 aromatic carbocycles. The number of piperidine rings is 1. The quantitative estimate of drug-likeness (QED) is 0.527. The first-order valence-corrected chi connectivity index (χ1v) is 6.84. The molecule has 0 bridgehead atoms. The van der Waals surface area contributed by atoms with Gasteiger partial charge in [-0.3, -0.25) is 9.59 Å². The number of rotatable bonds is 7. The van der Waals surface area contributed by atoms with Crippen molar-refractivity contribution in [2.24, 2.45) is 5.92 Å². The topological polar surface area (TPSA) is 55.8 Å². The molecule has 1 amide bonds. The number of likely N-dealkylation sites (tertiary alicyclic amines) is 1. The molecule has 0 spiro atoms. The number of carbonyl (C=O) groups excluding carboxylic acids is 2. The molecule has 0 unspecified atom stereocenters. The highest BCUT2D eigenvalue weighted by Gasteiger charge is 2.27. The molecule has 0 radical (unpaired) electrons. The number of alkyl halides is 2. The number of hydrogen-bond acceptors (Lipinski definition) is 4. The van der Waals surface area contributed by atoms with E-state index in [-0.39, 0.29) is 30.8 Å².